The molecule has 0 heterocycles. The lowest BCUT2D eigenvalue weighted by atomic mass is 9.74. The quantitative estimate of drug-likeness (QED) is 0.875. The van der Waals surface area contributed by atoms with Crippen LogP contribution in [0.15, 0.2) is 12.1 Å². The fourth-order valence-electron chi connectivity index (χ4n) is 3.89. The molecule has 1 aliphatic rings. The molecule has 0 spiro atoms. The molecule has 1 aliphatic carbocycles. The van der Waals surface area contributed by atoms with Crippen LogP contribution >= 0.6 is 0 Å². The van der Waals surface area contributed by atoms with Gasteiger partial charge in [0.15, 0.2) is 0 Å². The number of nitrogens with zero attached hydrogens (tertiary/aromatic N) is 1. The molecule has 0 bridgehead atoms. The fourth-order valence-corrected chi connectivity index (χ4v) is 3.89. The molecule has 0 saturated heterocycles. The van der Waals surface area contributed by atoms with Gasteiger partial charge in [0.2, 0.25) is 0 Å². The monoisotopic (exact) mass is 292 g/mol. The van der Waals surface area contributed by atoms with Gasteiger partial charge in [-0.1, -0.05) is 13.8 Å². The Morgan fingerprint density at radius 1 is 1.14 bits per heavy atom. The van der Waals surface area contributed by atoms with Gasteiger partial charge in [0.25, 0.3) is 0 Å². The van der Waals surface area contributed by atoms with Crippen LogP contribution in [-0.2, 0) is 12.0 Å². The second-order valence-corrected chi connectivity index (χ2v) is 5.59. The van der Waals surface area contributed by atoms with Gasteiger partial charge in [-0.3, -0.25) is 4.90 Å². The van der Waals surface area contributed by atoms with E-state index in [9.17, 15) is 0 Å². The summed E-state index contributed by atoms with van der Waals surface area (Å²) in [6.45, 7) is 6.95. The first kappa shape index (κ1) is 16.1. The van der Waals surface area contributed by atoms with Crippen molar-refractivity contribution in [1.29, 1.82) is 0 Å². The van der Waals surface area contributed by atoms with E-state index in [1.165, 1.54) is 11.1 Å². The molecule has 2 N–H and O–H groups in total. The average molecular weight is 292 g/mol. The van der Waals surface area contributed by atoms with E-state index < -0.39 is 0 Å². The van der Waals surface area contributed by atoms with Gasteiger partial charge in [0.1, 0.15) is 11.5 Å². The number of hydrogen-bond acceptors (Lipinski definition) is 4. The average Bonchev–Trinajstić information content (AvgIpc) is 2.54. The number of rotatable bonds is 6. The number of fused-ring (bicyclic) bond motifs is 1. The molecule has 0 aromatic heterocycles. The molecule has 0 saturated carbocycles. The van der Waals surface area contributed by atoms with Gasteiger partial charge in [-0.05, 0) is 44.5 Å². The summed E-state index contributed by atoms with van der Waals surface area (Å²) < 4.78 is 11.3. The van der Waals surface area contributed by atoms with Crippen molar-refractivity contribution in [1.82, 2.24) is 4.90 Å². The maximum atomic E-state index is 6.28. The minimum Gasteiger partial charge on any atom is -0.496 e. The second kappa shape index (κ2) is 6.67. The summed E-state index contributed by atoms with van der Waals surface area (Å²) in [7, 11) is 3.47. The number of ether oxygens (including phenoxy) is 2. The first-order valence-corrected chi connectivity index (χ1v) is 7.87. The largest absolute Gasteiger partial charge is 0.496 e. The summed E-state index contributed by atoms with van der Waals surface area (Å²) in [5, 5.41) is 0. The predicted molar refractivity (Wildman–Crippen MR) is 86.1 cm³/mol. The van der Waals surface area contributed by atoms with E-state index >= 15 is 0 Å². The maximum Gasteiger partial charge on any atom is 0.124 e. The molecule has 1 aromatic carbocycles. The van der Waals surface area contributed by atoms with Crippen molar-refractivity contribution in [3.63, 3.8) is 0 Å². The summed E-state index contributed by atoms with van der Waals surface area (Å²) >= 11 is 0. The smallest absolute Gasteiger partial charge is 0.124 e. The van der Waals surface area contributed by atoms with Gasteiger partial charge in [0.05, 0.1) is 19.8 Å². The lowest BCUT2D eigenvalue weighted by Crippen LogP contribution is -2.53. The van der Waals surface area contributed by atoms with Crippen LogP contribution in [0, 0.1) is 0 Å². The van der Waals surface area contributed by atoms with Crippen molar-refractivity contribution in [2.75, 3.05) is 33.9 Å². The molecule has 1 unspecified atom stereocenters. The molecular weight excluding hydrogens is 264 g/mol. The Bertz CT molecular complexity index is 486. The topological polar surface area (TPSA) is 47.7 Å². The molecule has 0 amide bonds. The zero-order chi connectivity index (χ0) is 15.5. The number of hydrogen-bond donors (Lipinski definition) is 1. The lowest BCUT2D eigenvalue weighted by molar-refractivity contribution is 0.0821. The van der Waals surface area contributed by atoms with Crippen LogP contribution < -0.4 is 15.2 Å². The van der Waals surface area contributed by atoms with Crippen molar-refractivity contribution in [3.05, 3.63) is 23.3 Å². The minimum absolute atomic E-state index is 0.142. The van der Waals surface area contributed by atoms with Crippen molar-refractivity contribution >= 4 is 0 Å². The number of likely N-dealkylation sites (N-methyl/N-ethyl adjacent to an activating group) is 1. The van der Waals surface area contributed by atoms with Crippen LogP contribution in [0.1, 0.15) is 37.8 Å². The molecule has 4 nitrogen and oxygen atoms in total. The highest BCUT2D eigenvalue weighted by Gasteiger charge is 2.42. The zero-order valence-electron chi connectivity index (χ0n) is 13.7. The molecule has 118 valence electrons. The van der Waals surface area contributed by atoms with E-state index in [2.05, 4.69) is 18.7 Å². The normalized spacial score (nSPS) is 21.2. The van der Waals surface area contributed by atoms with E-state index in [1.54, 1.807) is 14.2 Å². The molecule has 1 aromatic rings. The Morgan fingerprint density at radius 3 is 2.29 bits per heavy atom. The van der Waals surface area contributed by atoms with Gasteiger partial charge in [-0.15, -0.1) is 0 Å². The number of benzene rings is 1. The Labute approximate surface area is 128 Å². The van der Waals surface area contributed by atoms with Gasteiger partial charge in [-0.2, -0.15) is 0 Å². The summed E-state index contributed by atoms with van der Waals surface area (Å²) in [5.41, 5.74) is 8.64. The van der Waals surface area contributed by atoms with Crippen LogP contribution in [0.2, 0.25) is 0 Å². The van der Waals surface area contributed by atoms with Gasteiger partial charge in [0, 0.05) is 17.7 Å². The number of methoxy groups -OCH3 is 2. The highest BCUT2D eigenvalue weighted by atomic mass is 16.5. The predicted octanol–water partition coefficient (Wildman–Crippen LogP) is 2.54. The molecule has 0 radical (unpaired) electrons. The standard InChI is InChI=1S/C17H28N2O2/c1-5-19(6-2)17(12-18)11-7-8-13-14(20-3)9-10-15(21-4)16(13)17/h9-10H,5-8,11-12,18H2,1-4H3. The highest BCUT2D eigenvalue weighted by Crippen LogP contribution is 2.47. The molecule has 0 aliphatic heterocycles. The maximum absolute atomic E-state index is 6.28. The number of nitrogens with two attached hydrogens (primary N) is 1. The molecule has 2 rings (SSSR count). The Balaban J connectivity index is 2.69. The molecule has 0 fully saturated rings. The van der Waals surface area contributed by atoms with E-state index in [1.807, 2.05) is 12.1 Å². The third kappa shape index (κ3) is 2.51. The third-order valence-electron chi connectivity index (χ3n) is 4.86. The van der Waals surface area contributed by atoms with Crippen molar-refractivity contribution in [3.8, 4) is 11.5 Å². The van der Waals surface area contributed by atoms with Gasteiger partial charge >= 0.3 is 0 Å². The van der Waals surface area contributed by atoms with Crippen molar-refractivity contribution in [2.45, 2.75) is 38.6 Å². The van der Waals surface area contributed by atoms with Crippen molar-refractivity contribution < 1.29 is 9.47 Å². The fraction of sp³-hybridized carbons (Fsp3) is 0.647. The van der Waals surface area contributed by atoms with Crippen molar-refractivity contribution in [2.24, 2.45) is 5.73 Å². The second-order valence-electron chi connectivity index (χ2n) is 5.59. The SMILES string of the molecule is CCN(CC)C1(CN)CCCc2c(OC)ccc(OC)c21. The summed E-state index contributed by atoms with van der Waals surface area (Å²) in [5.74, 6) is 1.89. The van der Waals surface area contributed by atoms with Crippen LogP contribution in [0.4, 0.5) is 0 Å². The van der Waals surface area contributed by atoms with E-state index in [-0.39, 0.29) is 5.54 Å². The van der Waals surface area contributed by atoms with Crippen LogP contribution in [0.3, 0.4) is 0 Å². The van der Waals surface area contributed by atoms with E-state index in [0.29, 0.717) is 6.54 Å². The molecule has 4 heteroatoms. The van der Waals surface area contributed by atoms with Gasteiger partial charge < -0.3 is 15.2 Å². The first-order chi connectivity index (χ1) is 10.2. The van der Waals surface area contributed by atoms with E-state index in [0.717, 1.165) is 43.9 Å². The lowest BCUT2D eigenvalue weighted by Gasteiger charge is -2.47. The summed E-state index contributed by atoms with van der Waals surface area (Å²) in [6.07, 6.45) is 3.23. The Morgan fingerprint density at radius 2 is 1.76 bits per heavy atom. The minimum atomic E-state index is -0.142. The molecule has 21 heavy (non-hydrogen) atoms. The zero-order valence-corrected chi connectivity index (χ0v) is 13.7. The highest BCUT2D eigenvalue weighted by molar-refractivity contribution is 5.54. The molecule has 1 atom stereocenters. The Hall–Kier alpha value is -1.26. The Kier molecular flexibility index (Phi) is 5.12. The van der Waals surface area contributed by atoms with Gasteiger partial charge in [-0.25, -0.2) is 0 Å². The first-order valence-electron chi connectivity index (χ1n) is 7.87. The van der Waals surface area contributed by atoms with Crippen LogP contribution in [0.5, 0.6) is 11.5 Å². The van der Waals surface area contributed by atoms with E-state index in [4.69, 9.17) is 15.2 Å². The van der Waals surface area contributed by atoms with Crippen LogP contribution in [-0.4, -0.2) is 38.8 Å². The third-order valence-corrected chi connectivity index (χ3v) is 4.86. The summed E-state index contributed by atoms with van der Waals surface area (Å²) in [4.78, 5) is 2.47. The van der Waals surface area contributed by atoms with Crippen LogP contribution in [0.25, 0.3) is 0 Å². The molecular formula is C17H28N2O2. The summed E-state index contributed by atoms with van der Waals surface area (Å²) in [6, 6.07) is 4.02.